The highest BCUT2D eigenvalue weighted by molar-refractivity contribution is 6.34. The maximum Gasteiger partial charge on any atom is 0.324 e. The molecule has 0 atom stereocenters. The van der Waals surface area contributed by atoms with Gasteiger partial charge in [0, 0.05) is 19.7 Å². The van der Waals surface area contributed by atoms with E-state index in [4.69, 9.17) is 16.3 Å². The summed E-state index contributed by atoms with van der Waals surface area (Å²) < 4.78 is 4.91. The minimum absolute atomic E-state index is 0.0335. The van der Waals surface area contributed by atoms with Crippen LogP contribution in [0.4, 0.5) is 4.79 Å². The third-order valence-electron chi connectivity index (χ3n) is 3.16. The predicted molar refractivity (Wildman–Crippen MR) is 84.7 cm³/mol. The number of unbranched alkanes of at least 4 members (excludes halogenated alkanes) is 2. The van der Waals surface area contributed by atoms with Crippen LogP contribution < -0.4 is 10.1 Å². The van der Waals surface area contributed by atoms with Gasteiger partial charge in [0.15, 0.2) is 11.5 Å². The molecule has 7 heteroatoms. The molecule has 3 amide bonds. The molecule has 6 nitrogen and oxygen atoms in total. The van der Waals surface area contributed by atoms with Crippen molar-refractivity contribution in [3.63, 3.8) is 0 Å². The second-order valence-corrected chi connectivity index (χ2v) is 5.21. The van der Waals surface area contributed by atoms with Crippen LogP contribution in [0.15, 0.2) is 12.1 Å². The summed E-state index contributed by atoms with van der Waals surface area (Å²) in [5.41, 5.74) is 0.0335. The molecule has 0 fully saturated rings. The summed E-state index contributed by atoms with van der Waals surface area (Å²) >= 11 is 6.00. The van der Waals surface area contributed by atoms with Crippen LogP contribution in [0.3, 0.4) is 0 Å². The van der Waals surface area contributed by atoms with Crippen molar-refractivity contribution >= 4 is 23.5 Å². The minimum atomic E-state index is -0.601. The Morgan fingerprint density at radius 1 is 1.36 bits per heavy atom. The number of nitrogens with zero attached hydrogens (tertiary/aromatic N) is 1. The molecular weight excluding hydrogens is 308 g/mol. The molecule has 122 valence electrons. The molecule has 22 heavy (non-hydrogen) atoms. The Morgan fingerprint density at radius 2 is 2.05 bits per heavy atom. The maximum absolute atomic E-state index is 12.3. The van der Waals surface area contributed by atoms with E-state index in [1.54, 1.807) is 0 Å². The summed E-state index contributed by atoms with van der Waals surface area (Å²) in [7, 11) is 2.73. The Balaban J connectivity index is 2.78. The molecule has 0 aliphatic heterocycles. The molecule has 0 aromatic heterocycles. The van der Waals surface area contributed by atoms with Gasteiger partial charge in [-0.1, -0.05) is 31.4 Å². The smallest absolute Gasteiger partial charge is 0.324 e. The molecule has 0 saturated heterocycles. The highest BCUT2D eigenvalue weighted by atomic mass is 35.5. The summed E-state index contributed by atoms with van der Waals surface area (Å²) in [5, 5.41) is 12.5. The van der Waals surface area contributed by atoms with Gasteiger partial charge in [-0.05, 0) is 12.5 Å². The minimum Gasteiger partial charge on any atom is -0.504 e. The van der Waals surface area contributed by atoms with Crippen LogP contribution in [-0.2, 0) is 0 Å². The number of methoxy groups -OCH3 is 1. The van der Waals surface area contributed by atoms with Gasteiger partial charge in [0.2, 0.25) is 0 Å². The number of imide groups is 1. The molecule has 0 aliphatic carbocycles. The van der Waals surface area contributed by atoms with Crippen LogP contribution in [0.1, 0.15) is 36.5 Å². The highest BCUT2D eigenvalue weighted by Crippen LogP contribution is 2.32. The molecule has 1 aromatic carbocycles. The molecule has 0 spiro atoms. The summed E-state index contributed by atoms with van der Waals surface area (Å²) in [4.78, 5) is 25.1. The summed E-state index contributed by atoms with van der Waals surface area (Å²) in [5.74, 6) is -0.656. The Hall–Kier alpha value is -1.95. The van der Waals surface area contributed by atoms with Crippen molar-refractivity contribution in [1.82, 2.24) is 10.2 Å². The lowest BCUT2D eigenvalue weighted by Crippen LogP contribution is -2.41. The van der Waals surface area contributed by atoms with Crippen molar-refractivity contribution in [3.05, 3.63) is 22.7 Å². The monoisotopic (exact) mass is 328 g/mol. The van der Waals surface area contributed by atoms with Gasteiger partial charge >= 0.3 is 6.03 Å². The third kappa shape index (κ3) is 4.53. The molecule has 0 aliphatic rings. The SMILES string of the molecule is CCCCCNC(=O)N(C)C(=O)c1cc(O)c(OC)cc1Cl. The number of carbonyl (C=O) groups excluding carboxylic acids is 2. The largest absolute Gasteiger partial charge is 0.504 e. The molecule has 1 rings (SSSR count). The standard InChI is InChI=1S/C15H21ClN2O4/c1-4-5-6-7-17-15(21)18(2)14(20)10-8-12(19)13(22-3)9-11(10)16/h8-9,19H,4-7H2,1-3H3,(H,17,21). The fourth-order valence-electron chi connectivity index (χ4n) is 1.83. The first-order chi connectivity index (χ1) is 10.4. The van der Waals surface area contributed by atoms with Crippen LogP contribution in [0.2, 0.25) is 5.02 Å². The average Bonchev–Trinajstić information content (AvgIpc) is 2.51. The number of hydrogen-bond acceptors (Lipinski definition) is 4. The first-order valence-corrected chi connectivity index (χ1v) is 7.42. The topological polar surface area (TPSA) is 78.9 Å². The third-order valence-corrected chi connectivity index (χ3v) is 3.48. The van der Waals surface area contributed by atoms with Crippen molar-refractivity contribution in [1.29, 1.82) is 0 Å². The molecule has 0 bridgehead atoms. The van der Waals surface area contributed by atoms with E-state index in [1.165, 1.54) is 26.3 Å². The number of urea groups is 1. The van der Waals surface area contributed by atoms with Gasteiger partial charge < -0.3 is 15.2 Å². The number of phenolic OH excluding ortho intramolecular Hbond substituents is 1. The molecule has 2 N–H and O–H groups in total. The fourth-order valence-corrected chi connectivity index (χ4v) is 2.07. The van der Waals surface area contributed by atoms with E-state index in [9.17, 15) is 14.7 Å². The summed E-state index contributed by atoms with van der Waals surface area (Å²) in [6, 6.07) is 2.01. The fraction of sp³-hybridized carbons (Fsp3) is 0.467. The van der Waals surface area contributed by atoms with E-state index < -0.39 is 11.9 Å². The van der Waals surface area contributed by atoms with Gasteiger partial charge in [-0.3, -0.25) is 9.69 Å². The normalized spacial score (nSPS) is 10.2. The van der Waals surface area contributed by atoms with Gasteiger partial charge in [0.05, 0.1) is 17.7 Å². The molecule has 1 aromatic rings. The number of rotatable bonds is 6. The van der Waals surface area contributed by atoms with Crippen LogP contribution in [0.5, 0.6) is 11.5 Å². The molecule has 0 heterocycles. The van der Waals surface area contributed by atoms with Gasteiger partial charge in [-0.2, -0.15) is 0 Å². The van der Waals surface area contributed by atoms with Gasteiger partial charge in [0.1, 0.15) is 0 Å². The number of amides is 3. The van der Waals surface area contributed by atoms with E-state index in [0.29, 0.717) is 6.54 Å². The number of phenols is 1. The van der Waals surface area contributed by atoms with Crippen molar-refractivity contribution < 1.29 is 19.4 Å². The number of carbonyl (C=O) groups is 2. The lowest BCUT2D eigenvalue weighted by Gasteiger charge is -2.17. The first kappa shape index (κ1) is 18.1. The van der Waals surface area contributed by atoms with Gasteiger partial charge in [-0.15, -0.1) is 0 Å². The zero-order valence-electron chi connectivity index (χ0n) is 13.0. The number of aromatic hydroxyl groups is 1. The van der Waals surface area contributed by atoms with Crippen molar-refractivity contribution in [3.8, 4) is 11.5 Å². The van der Waals surface area contributed by atoms with E-state index >= 15 is 0 Å². The number of hydrogen-bond donors (Lipinski definition) is 2. The van der Waals surface area contributed by atoms with E-state index in [-0.39, 0.29) is 22.1 Å². The summed E-state index contributed by atoms with van der Waals surface area (Å²) in [6.07, 6.45) is 2.91. The van der Waals surface area contributed by atoms with Crippen molar-refractivity contribution in [2.75, 3.05) is 20.7 Å². The van der Waals surface area contributed by atoms with Crippen LogP contribution in [-0.4, -0.2) is 42.6 Å². The van der Waals surface area contributed by atoms with Gasteiger partial charge in [-0.25, -0.2) is 4.79 Å². The Bertz CT molecular complexity index is 549. The van der Waals surface area contributed by atoms with Crippen LogP contribution in [0.25, 0.3) is 0 Å². The lowest BCUT2D eigenvalue weighted by molar-refractivity contribution is 0.0831. The zero-order valence-corrected chi connectivity index (χ0v) is 13.7. The Kier molecular flexibility index (Phi) is 6.98. The average molecular weight is 329 g/mol. The molecule has 0 radical (unpaired) electrons. The lowest BCUT2D eigenvalue weighted by atomic mass is 10.1. The quantitative estimate of drug-likeness (QED) is 0.787. The zero-order chi connectivity index (χ0) is 16.7. The van der Waals surface area contributed by atoms with Gasteiger partial charge in [0.25, 0.3) is 5.91 Å². The predicted octanol–water partition coefficient (Wildman–Crippen LogP) is 3.03. The van der Waals surface area contributed by atoms with E-state index in [1.807, 2.05) is 0 Å². The van der Waals surface area contributed by atoms with Crippen LogP contribution in [0, 0.1) is 0 Å². The van der Waals surface area contributed by atoms with Crippen molar-refractivity contribution in [2.24, 2.45) is 0 Å². The molecule has 0 unspecified atom stereocenters. The van der Waals surface area contributed by atoms with E-state index in [0.717, 1.165) is 24.2 Å². The number of halogens is 1. The number of benzene rings is 1. The molecule has 0 saturated carbocycles. The second-order valence-electron chi connectivity index (χ2n) is 4.81. The molecular formula is C15H21ClN2O4. The Morgan fingerprint density at radius 3 is 2.64 bits per heavy atom. The second kappa shape index (κ2) is 8.48. The number of nitrogens with one attached hydrogen (secondary N) is 1. The maximum atomic E-state index is 12.3. The highest BCUT2D eigenvalue weighted by Gasteiger charge is 2.22. The van der Waals surface area contributed by atoms with E-state index in [2.05, 4.69) is 12.2 Å². The number of ether oxygens (including phenoxy) is 1. The Labute approximate surface area is 135 Å². The van der Waals surface area contributed by atoms with Crippen molar-refractivity contribution in [2.45, 2.75) is 26.2 Å². The summed E-state index contributed by atoms with van der Waals surface area (Å²) in [6.45, 7) is 2.57. The van der Waals surface area contributed by atoms with Crippen LogP contribution >= 0.6 is 11.6 Å². The first-order valence-electron chi connectivity index (χ1n) is 7.04.